The molecule has 48 heavy (non-hydrogen) atoms. The Morgan fingerprint density at radius 2 is 0.688 bits per heavy atom. The van der Waals surface area contributed by atoms with Crippen molar-refractivity contribution in [2.45, 2.75) is 232 Å². The van der Waals surface area contributed by atoms with Gasteiger partial charge in [0.1, 0.15) is 0 Å². The fraction of sp³-hybridized carbons (Fsp3) is 0.818. The molecule has 0 heterocycles. The minimum Gasteiger partial charge on any atom is -0.478 e. The van der Waals surface area contributed by atoms with Crippen LogP contribution >= 0.6 is 0 Å². The number of hydrogen-bond acceptors (Lipinski definition) is 2. The van der Waals surface area contributed by atoms with Crippen molar-refractivity contribution in [1.82, 2.24) is 0 Å². The molecule has 1 aromatic rings. The predicted molar refractivity (Wildman–Crippen MR) is 207 cm³/mol. The molecular formula is C44H78O4. The maximum atomic E-state index is 12.4. The molecule has 0 amide bonds. The van der Waals surface area contributed by atoms with Crippen molar-refractivity contribution in [1.29, 1.82) is 0 Å². The second-order valence-electron chi connectivity index (χ2n) is 14.8. The molecule has 0 saturated carbocycles. The van der Waals surface area contributed by atoms with Crippen LogP contribution in [0.1, 0.15) is 251 Å². The highest BCUT2D eigenvalue weighted by atomic mass is 16.4. The van der Waals surface area contributed by atoms with Gasteiger partial charge in [-0.15, -0.1) is 0 Å². The molecule has 0 aromatic heterocycles. The quantitative estimate of drug-likeness (QED) is 0.0697. The van der Waals surface area contributed by atoms with Crippen molar-refractivity contribution in [2.24, 2.45) is 0 Å². The van der Waals surface area contributed by atoms with Crippen LogP contribution in [0.25, 0.3) is 0 Å². The third-order valence-electron chi connectivity index (χ3n) is 10.4. The summed E-state index contributed by atoms with van der Waals surface area (Å²) in [5.74, 6) is -1.99. The number of rotatable bonds is 36. The van der Waals surface area contributed by atoms with Crippen molar-refractivity contribution < 1.29 is 19.8 Å². The fourth-order valence-corrected chi connectivity index (χ4v) is 7.34. The second kappa shape index (κ2) is 32.4. The van der Waals surface area contributed by atoms with Gasteiger partial charge in [-0.3, -0.25) is 0 Å². The van der Waals surface area contributed by atoms with Gasteiger partial charge in [0.25, 0.3) is 0 Å². The van der Waals surface area contributed by atoms with Gasteiger partial charge in [-0.25, -0.2) is 9.59 Å². The van der Waals surface area contributed by atoms with Crippen LogP contribution in [0.4, 0.5) is 0 Å². The average molecular weight is 671 g/mol. The van der Waals surface area contributed by atoms with Crippen LogP contribution in [-0.4, -0.2) is 22.2 Å². The minimum absolute atomic E-state index is 0.170. The fourth-order valence-electron chi connectivity index (χ4n) is 7.34. The summed E-state index contributed by atoms with van der Waals surface area (Å²) in [6.07, 6.45) is 42.9. The Bertz CT molecular complexity index is 907. The summed E-state index contributed by atoms with van der Waals surface area (Å²) in [6.45, 7) is 4.55. The molecule has 0 bridgehead atoms. The number of hydrogen-bond donors (Lipinski definition) is 2. The third-order valence-corrected chi connectivity index (χ3v) is 10.4. The van der Waals surface area contributed by atoms with E-state index in [1.165, 1.54) is 173 Å². The van der Waals surface area contributed by atoms with Crippen LogP contribution in [0.3, 0.4) is 0 Å². The molecule has 0 aliphatic carbocycles. The summed E-state index contributed by atoms with van der Waals surface area (Å²) in [5, 5.41) is 20.0. The molecule has 0 saturated heterocycles. The zero-order chi connectivity index (χ0) is 34.9. The van der Waals surface area contributed by atoms with E-state index in [-0.39, 0.29) is 11.1 Å². The van der Waals surface area contributed by atoms with Gasteiger partial charge in [-0.05, 0) is 42.9 Å². The topological polar surface area (TPSA) is 74.6 Å². The summed E-state index contributed by atoms with van der Waals surface area (Å²) in [7, 11) is 0. The van der Waals surface area contributed by atoms with Crippen LogP contribution in [0.5, 0.6) is 0 Å². The van der Waals surface area contributed by atoms with E-state index >= 15 is 0 Å². The van der Waals surface area contributed by atoms with Crippen molar-refractivity contribution in [3.8, 4) is 0 Å². The molecule has 4 heteroatoms. The van der Waals surface area contributed by atoms with E-state index < -0.39 is 11.9 Å². The van der Waals surface area contributed by atoms with E-state index in [0.29, 0.717) is 18.4 Å². The number of unbranched alkanes of at least 4 members (excludes halogenated alkanes) is 30. The lowest BCUT2D eigenvalue weighted by molar-refractivity contribution is 0.0694. The SMILES string of the molecule is CCCCCCCCCCCCCCCCCCc1ccc(C(=O)O)c(CCCCCCCCCCCCCCCCCC)c1C(=O)O. The number of aryl methyl sites for hydroxylation is 1. The first-order chi connectivity index (χ1) is 23.5. The van der Waals surface area contributed by atoms with Crippen LogP contribution in [-0.2, 0) is 12.8 Å². The molecule has 0 aliphatic heterocycles. The van der Waals surface area contributed by atoms with Gasteiger partial charge in [-0.2, -0.15) is 0 Å². The van der Waals surface area contributed by atoms with E-state index in [1.807, 2.05) is 0 Å². The van der Waals surface area contributed by atoms with Gasteiger partial charge in [0.15, 0.2) is 0 Å². The molecule has 1 rings (SSSR count). The molecule has 278 valence electrons. The lowest BCUT2D eigenvalue weighted by atomic mass is 9.89. The maximum Gasteiger partial charge on any atom is 0.336 e. The first-order valence-electron chi connectivity index (χ1n) is 21.1. The van der Waals surface area contributed by atoms with Crippen molar-refractivity contribution in [3.05, 3.63) is 34.4 Å². The highest BCUT2D eigenvalue weighted by Crippen LogP contribution is 2.25. The molecule has 0 unspecified atom stereocenters. The lowest BCUT2D eigenvalue weighted by Crippen LogP contribution is -2.13. The number of carboxylic acid groups (broad SMARTS) is 2. The summed E-state index contributed by atoms with van der Waals surface area (Å²) in [6, 6.07) is 3.41. The molecule has 0 spiro atoms. The zero-order valence-electron chi connectivity index (χ0n) is 31.9. The third kappa shape index (κ3) is 23.5. The molecule has 1 aromatic carbocycles. The normalized spacial score (nSPS) is 11.4. The van der Waals surface area contributed by atoms with Gasteiger partial charge in [0, 0.05) is 0 Å². The maximum absolute atomic E-state index is 12.4. The summed E-state index contributed by atoms with van der Waals surface area (Å²) in [4.78, 5) is 24.4. The molecule has 4 nitrogen and oxygen atoms in total. The van der Waals surface area contributed by atoms with Crippen molar-refractivity contribution in [3.63, 3.8) is 0 Å². The van der Waals surface area contributed by atoms with Gasteiger partial charge >= 0.3 is 11.9 Å². The first kappa shape index (κ1) is 44.2. The molecule has 2 N–H and O–H groups in total. The second-order valence-corrected chi connectivity index (χ2v) is 14.8. The predicted octanol–water partition coefficient (Wildman–Crippen LogP) is 14.7. The Kier molecular flexibility index (Phi) is 29.8. The smallest absolute Gasteiger partial charge is 0.336 e. The Hall–Kier alpha value is -1.84. The monoisotopic (exact) mass is 671 g/mol. The molecule has 0 fully saturated rings. The number of benzene rings is 1. The van der Waals surface area contributed by atoms with Crippen LogP contribution in [0.2, 0.25) is 0 Å². The summed E-state index contributed by atoms with van der Waals surface area (Å²) in [5.41, 5.74) is 1.78. The zero-order valence-corrected chi connectivity index (χ0v) is 31.9. The first-order valence-corrected chi connectivity index (χ1v) is 21.1. The number of carbonyl (C=O) groups is 2. The van der Waals surface area contributed by atoms with Gasteiger partial charge in [0.2, 0.25) is 0 Å². The number of aromatic carboxylic acids is 2. The molecule has 0 atom stereocenters. The van der Waals surface area contributed by atoms with E-state index in [9.17, 15) is 19.8 Å². The Balaban J connectivity index is 2.24. The van der Waals surface area contributed by atoms with Crippen molar-refractivity contribution >= 4 is 11.9 Å². The van der Waals surface area contributed by atoms with Crippen LogP contribution in [0, 0.1) is 0 Å². The molecule has 0 radical (unpaired) electrons. The van der Waals surface area contributed by atoms with E-state index in [4.69, 9.17) is 0 Å². The minimum atomic E-state index is -1.02. The highest BCUT2D eigenvalue weighted by Gasteiger charge is 2.21. The summed E-state index contributed by atoms with van der Waals surface area (Å²) < 4.78 is 0. The van der Waals surface area contributed by atoms with Gasteiger partial charge in [-0.1, -0.05) is 213 Å². The van der Waals surface area contributed by atoms with Gasteiger partial charge in [0.05, 0.1) is 11.1 Å². The Labute approximate surface area is 297 Å². The van der Waals surface area contributed by atoms with Gasteiger partial charge < -0.3 is 10.2 Å². The van der Waals surface area contributed by atoms with Crippen LogP contribution in [0.15, 0.2) is 12.1 Å². The Morgan fingerprint density at radius 3 is 0.979 bits per heavy atom. The largest absolute Gasteiger partial charge is 0.478 e. The van der Waals surface area contributed by atoms with E-state index in [1.54, 1.807) is 12.1 Å². The average Bonchev–Trinajstić information content (AvgIpc) is 3.07. The number of carboxylic acids is 2. The molecular weight excluding hydrogens is 592 g/mol. The summed E-state index contributed by atoms with van der Waals surface area (Å²) >= 11 is 0. The Morgan fingerprint density at radius 1 is 0.396 bits per heavy atom. The van der Waals surface area contributed by atoms with E-state index in [0.717, 1.165) is 37.7 Å². The standard InChI is InChI=1S/C44H78O4/c1-3-5-7-9-11-13-15-17-19-21-23-25-27-29-31-33-35-39-37-38-41(43(45)46)40(42(39)44(47)48)36-34-32-30-28-26-24-22-20-18-16-14-12-10-8-6-4-2/h37-38H,3-36H2,1-2H3,(H,45,46)(H,47,48). The molecule has 0 aliphatic rings. The lowest BCUT2D eigenvalue weighted by Gasteiger charge is -2.15. The van der Waals surface area contributed by atoms with E-state index in [2.05, 4.69) is 13.8 Å². The highest BCUT2D eigenvalue weighted by molar-refractivity contribution is 5.97. The van der Waals surface area contributed by atoms with Crippen LogP contribution < -0.4 is 0 Å². The van der Waals surface area contributed by atoms with Crippen molar-refractivity contribution in [2.75, 3.05) is 0 Å².